The van der Waals surface area contributed by atoms with Crippen LogP contribution >= 0.6 is 0 Å². The lowest BCUT2D eigenvalue weighted by Gasteiger charge is -2.18. The summed E-state index contributed by atoms with van der Waals surface area (Å²) in [4.78, 5) is 31.5. The zero-order valence-electron chi connectivity index (χ0n) is 14.1. The number of carbonyl (C=O) groups excluding carboxylic acids is 1. The monoisotopic (exact) mass is 336 g/mol. The summed E-state index contributed by atoms with van der Waals surface area (Å²) in [6.45, 7) is 3.48. The summed E-state index contributed by atoms with van der Waals surface area (Å²) in [5.74, 6) is 0.838. The van der Waals surface area contributed by atoms with E-state index in [9.17, 15) is 9.59 Å². The van der Waals surface area contributed by atoms with Crippen LogP contribution in [0, 0.1) is 12.3 Å². The van der Waals surface area contributed by atoms with Gasteiger partial charge >= 0.3 is 0 Å². The maximum atomic E-state index is 12.7. The fraction of sp³-hybridized carbons (Fsp3) is 0.316. The quantitative estimate of drug-likeness (QED) is 0.750. The summed E-state index contributed by atoms with van der Waals surface area (Å²) in [7, 11) is 0. The van der Waals surface area contributed by atoms with Gasteiger partial charge in [-0.15, -0.1) is 0 Å². The van der Waals surface area contributed by atoms with E-state index >= 15 is 0 Å². The van der Waals surface area contributed by atoms with Crippen molar-refractivity contribution in [2.45, 2.75) is 26.3 Å². The Morgan fingerprint density at radius 1 is 1.32 bits per heavy atom. The molecule has 4 rings (SSSR count). The third-order valence-corrected chi connectivity index (χ3v) is 5.06. The highest BCUT2D eigenvalue weighted by atomic mass is 16.1. The lowest BCUT2D eigenvalue weighted by molar-refractivity contribution is 0.0944. The Hall–Kier alpha value is -2.89. The van der Waals surface area contributed by atoms with Gasteiger partial charge in [0.25, 0.3) is 11.5 Å². The van der Waals surface area contributed by atoms with E-state index < -0.39 is 0 Å². The maximum Gasteiger partial charge on any atom is 0.255 e. The van der Waals surface area contributed by atoms with Crippen molar-refractivity contribution in [1.29, 1.82) is 0 Å². The second-order valence-corrected chi connectivity index (χ2v) is 6.86. The predicted octanol–water partition coefficient (Wildman–Crippen LogP) is 2.24. The summed E-state index contributed by atoms with van der Waals surface area (Å²) in [6.07, 6.45) is 7.47. The largest absolute Gasteiger partial charge is 0.351 e. The first-order chi connectivity index (χ1) is 12.1. The van der Waals surface area contributed by atoms with E-state index in [0.29, 0.717) is 22.9 Å². The number of nitrogens with one attached hydrogen (secondary N) is 2. The summed E-state index contributed by atoms with van der Waals surface area (Å²) >= 11 is 0. The number of hydrogen-bond donors (Lipinski definition) is 2. The van der Waals surface area contributed by atoms with Crippen molar-refractivity contribution in [3.8, 4) is 0 Å². The number of rotatable bonds is 5. The summed E-state index contributed by atoms with van der Waals surface area (Å²) in [5.41, 5.74) is 0.435. The number of H-pyrrole nitrogens is 1. The number of nitrogens with zero attached hydrogens (tertiary/aromatic N) is 2. The molecule has 2 heterocycles. The molecule has 0 bridgehead atoms. The van der Waals surface area contributed by atoms with Gasteiger partial charge in [-0.3, -0.25) is 9.59 Å². The molecular formula is C19H20N4O2. The zero-order valence-corrected chi connectivity index (χ0v) is 14.1. The topological polar surface area (TPSA) is 79.8 Å². The Morgan fingerprint density at radius 3 is 2.76 bits per heavy atom. The van der Waals surface area contributed by atoms with Crippen LogP contribution in [0.1, 0.15) is 29.0 Å². The molecule has 1 aromatic carbocycles. The molecule has 2 N–H and O–H groups in total. The van der Waals surface area contributed by atoms with Gasteiger partial charge < -0.3 is 14.9 Å². The average molecular weight is 336 g/mol. The molecule has 1 fully saturated rings. The SMILES string of the molecule is Cc1nccn1CC1(CNC(=O)c2c[nH]c(=O)c3ccccc23)CC1. The van der Waals surface area contributed by atoms with Gasteiger partial charge in [-0.1, -0.05) is 18.2 Å². The Balaban J connectivity index is 1.51. The van der Waals surface area contributed by atoms with Crippen LogP contribution in [0.3, 0.4) is 0 Å². The van der Waals surface area contributed by atoms with Crippen molar-refractivity contribution in [1.82, 2.24) is 19.9 Å². The molecule has 0 atom stereocenters. The molecule has 1 saturated carbocycles. The van der Waals surface area contributed by atoms with Crippen LogP contribution in [-0.2, 0) is 6.54 Å². The van der Waals surface area contributed by atoms with Gasteiger partial charge in [-0.25, -0.2) is 4.98 Å². The van der Waals surface area contributed by atoms with Crippen molar-refractivity contribution in [3.63, 3.8) is 0 Å². The number of imidazole rings is 1. The smallest absolute Gasteiger partial charge is 0.255 e. The van der Waals surface area contributed by atoms with Gasteiger partial charge in [0, 0.05) is 47.9 Å². The zero-order chi connectivity index (χ0) is 17.4. The van der Waals surface area contributed by atoms with Crippen LogP contribution in [-0.4, -0.2) is 27.0 Å². The number of fused-ring (bicyclic) bond motifs is 1. The van der Waals surface area contributed by atoms with Gasteiger partial charge in [0.15, 0.2) is 0 Å². The minimum atomic E-state index is -0.179. The van der Waals surface area contributed by atoms with Crippen molar-refractivity contribution >= 4 is 16.7 Å². The molecule has 6 nitrogen and oxygen atoms in total. The van der Waals surface area contributed by atoms with Crippen molar-refractivity contribution in [2.75, 3.05) is 6.54 Å². The minimum Gasteiger partial charge on any atom is -0.351 e. The fourth-order valence-corrected chi connectivity index (χ4v) is 3.26. The summed E-state index contributed by atoms with van der Waals surface area (Å²) in [6, 6.07) is 7.17. The average Bonchev–Trinajstić information content (AvgIpc) is 3.28. The molecule has 0 unspecified atom stereocenters. The third kappa shape index (κ3) is 2.95. The highest BCUT2D eigenvalue weighted by Gasteiger charge is 2.43. The van der Waals surface area contributed by atoms with E-state index in [1.807, 2.05) is 19.2 Å². The molecule has 0 radical (unpaired) electrons. The molecule has 1 amide bonds. The van der Waals surface area contributed by atoms with Crippen LogP contribution in [0.5, 0.6) is 0 Å². The Morgan fingerprint density at radius 2 is 2.08 bits per heavy atom. The van der Waals surface area contributed by atoms with Gasteiger partial charge in [0.2, 0.25) is 0 Å². The standard InChI is InChI=1S/C19H20N4O2/c1-13-20-8-9-23(13)12-19(6-7-19)11-22-18(25)16-10-21-17(24)15-5-3-2-4-14(15)16/h2-5,8-10H,6-7,11-12H2,1H3,(H,21,24)(H,22,25). The lowest BCUT2D eigenvalue weighted by Crippen LogP contribution is -2.33. The highest BCUT2D eigenvalue weighted by molar-refractivity contribution is 6.06. The Labute approximate surface area is 144 Å². The minimum absolute atomic E-state index is 0.110. The number of amides is 1. The number of benzene rings is 1. The molecule has 1 aliphatic rings. The van der Waals surface area contributed by atoms with Crippen LogP contribution in [0.15, 0.2) is 47.7 Å². The number of hydrogen-bond acceptors (Lipinski definition) is 3. The number of aryl methyl sites for hydroxylation is 1. The Bertz CT molecular complexity index is 998. The molecule has 25 heavy (non-hydrogen) atoms. The second kappa shape index (κ2) is 5.88. The molecule has 0 saturated heterocycles. The fourth-order valence-electron chi connectivity index (χ4n) is 3.26. The molecule has 1 aliphatic carbocycles. The normalized spacial score (nSPS) is 15.2. The summed E-state index contributed by atoms with van der Waals surface area (Å²) in [5, 5.41) is 4.26. The number of aromatic nitrogens is 3. The van der Waals surface area contributed by atoms with E-state index in [1.165, 1.54) is 6.20 Å². The molecule has 3 aromatic rings. The first-order valence-corrected chi connectivity index (χ1v) is 8.44. The van der Waals surface area contributed by atoms with Crippen LogP contribution in [0.2, 0.25) is 0 Å². The van der Waals surface area contributed by atoms with Crippen molar-refractivity contribution in [3.05, 3.63) is 64.6 Å². The van der Waals surface area contributed by atoms with Crippen LogP contribution < -0.4 is 10.9 Å². The highest BCUT2D eigenvalue weighted by Crippen LogP contribution is 2.46. The van der Waals surface area contributed by atoms with Crippen molar-refractivity contribution < 1.29 is 4.79 Å². The third-order valence-electron chi connectivity index (χ3n) is 5.06. The van der Waals surface area contributed by atoms with Crippen molar-refractivity contribution in [2.24, 2.45) is 5.41 Å². The molecule has 0 spiro atoms. The van der Waals surface area contributed by atoms with E-state index in [-0.39, 0.29) is 16.9 Å². The van der Waals surface area contributed by atoms with Gasteiger partial charge in [0.05, 0.1) is 5.56 Å². The number of carbonyl (C=O) groups is 1. The first-order valence-electron chi connectivity index (χ1n) is 8.44. The molecule has 6 heteroatoms. The predicted molar refractivity (Wildman–Crippen MR) is 95.5 cm³/mol. The van der Waals surface area contributed by atoms with Gasteiger partial charge in [-0.05, 0) is 25.8 Å². The lowest BCUT2D eigenvalue weighted by atomic mass is 10.1. The maximum absolute atomic E-state index is 12.7. The van der Waals surface area contributed by atoms with E-state index in [1.54, 1.807) is 24.4 Å². The van der Waals surface area contributed by atoms with E-state index in [2.05, 4.69) is 19.9 Å². The molecular weight excluding hydrogens is 316 g/mol. The molecule has 128 valence electrons. The number of pyridine rings is 1. The molecule has 0 aliphatic heterocycles. The van der Waals surface area contributed by atoms with Crippen LogP contribution in [0.25, 0.3) is 10.8 Å². The first kappa shape index (κ1) is 15.6. The van der Waals surface area contributed by atoms with Crippen LogP contribution in [0.4, 0.5) is 0 Å². The van der Waals surface area contributed by atoms with Gasteiger partial charge in [0.1, 0.15) is 5.82 Å². The second-order valence-electron chi connectivity index (χ2n) is 6.86. The molecule has 2 aromatic heterocycles. The van der Waals surface area contributed by atoms with E-state index in [4.69, 9.17) is 0 Å². The number of aromatic amines is 1. The van der Waals surface area contributed by atoms with E-state index in [0.717, 1.165) is 25.2 Å². The Kier molecular flexibility index (Phi) is 3.67. The van der Waals surface area contributed by atoms with Gasteiger partial charge in [-0.2, -0.15) is 0 Å². The summed E-state index contributed by atoms with van der Waals surface area (Å²) < 4.78 is 2.13.